The van der Waals surface area contributed by atoms with Crippen LogP contribution in [0.1, 0.15) is 35.7 Å². The molecule has 1 aliphatic carbocycles. The van der Waals surface area contributed by atoms with Crippen LogP contribution in [0.4, 0.5) is 17.6 Å². The Morgan fingerprint density at radius 3 is 2.57 bits per heavy atom. The normalized spacial score (nSPS) is 14.7. The molecule has 4 rings (SSSR count). The number of rotatable bonds is 5. The molecule has 0 unspecified atom stereocenters. The second-order valence-corrected chi connectivity index (χ2v) is 6.76. The Balaban J connectivity index is 1.71. The van der Waals surface area contributed by atoms with Crippen LogP contribution < -0.4 is 5.73 Å². The van der Waals surface area contributed by atoms with Crippen molar-refractivity contribution >= 4 is 17.7 Å². The molecule has 1 fully saturated rings. The molecule has 11 heteroatoms. The van der Waals surface area contributed by atoms with E-state index in [4.69, 9.17) is 5.73 Å². The summed E-state index contributed by atoms with van der Waals surface area (Å²) in [5.74, 6) is -1.52. The third-order valence-electron chi connectivity index (χ3n) is 4.46. The zero-order valence-corrected chi connectivity index (χ0v) is 15.3. The molecule has 3 aromatic rings. The summed E-state index contributed by atoms with van der Waals surface area (Å²) in [5.41, 5.74) is 5.10. The van der Waals surface area contributed by atoms with Crippen LogP contribution in [0.3, 0.4) is 0 Å². The number of amides is 1. The van der Waals surface area contributed by atoms with Gasteiger partial charge in [0.15, 0.2) is 5.82 Å². The number of alkyl halides is 3. The fraction of sp³-hybridized carbons (Fsp3) is 0.211. The maximum Gasteiger partial charge on any atom is 0.433 e. The lowest BCUT2D eigenvalue weighted by Gasteiger charge is -2.09. The third kappa shape index (κ3) is 4.19. The fourth-order valence-corrected chi connectivity index (χ4v) is 2.83. The molecule has 0 aromatic carbocycles. The standard InChI is InChI=1S/C19H14F4N6O/c20-16-4-3-11(7-25-16)13(17(24)30)8-29-9-26-18(28-29)12-5-14(10-1-2-10)27-15(6-12)19(21,22)23/h3-10H,1-2H2,(H2,24,30)/b13-8+. The predicted octanol–water partition coefficient (Wildman–Crippen LogP) is 3.25. The molecule has 1 amide bonds. The van der Waals surface area contributed by atoms with Gasteiger partial charge in [-0.25, -0.2) is 19.6 Å². The van der Waals surface area contributed by atoms with Crippen LogP contribution in [0.15, 0.2) is 36.8 Å². The highest BCUT2D eigenvalue weighted by Crippen LogP contribution is 2.41. The van der Waals surface area contributed by atoms with Crippen molar-refractivity contribution in [3.8, 4) is 11.4 Å². The number of halogens is 4. The Hall–Kier alpha value is -3.63. The molecule has 0 bridgehead atoms. The van der Waals surface area contributed by atoms with E-state index in [1.54, 1.807) is 0 Å². The first-order chi connectivity index (χ1) is 14.2. The SMILES string of the molecule is NC(=O)/C(=C/n1cnc(-c2cc(C3CC3)nc(C(F)(F)F)c2)n1)c1ccc(F)nc1. The zero-order valence-electron chi connectivity index (χ0n) is 15.3. The Bertz CT molecular complexity index is 1130. The number of nitrogens with zero attached hydrogens (tertiary/aromatic N) is 5. The van der Waals surface area contributed by atoms with E-state index in [-0.39, 0.29) is 28.4 Å². The first-order valence-electron chi connectivity index (χ1n) is 8.85. The van der Waals surface area contributed by atoms with Crippen LogP contribution in [0.2, 0.25) is 0 Å². The zero-order chi connectivity index (χ0) is 21.5. The van der Waals surface area contributed by atoms with Gasteiger partial charge in [0.1, 0.15) is 12.0 Å². The fourth-order valence-electron chi connectivity index (χ4n) is 2.83. The second kappa shape index (κ2) is 7.32. The first-order valence-corrected chi connectivity index (χ1v) is 8.85. The van der Waals surface area contributed by atoms with Crippen molar-refractivity contribution in [3.63, 3.8) is 0 Å². The van der Waals surface area contributed by atoms with E-state index in [1.807, 2.05) is 0 Å². The largest absolute Gasteiger partial charge is 0.433 e. The number of primary amides is 1. The van der Waals surface area contributed by atoms with Gasteiger partial charge in [-0.15, -0.1) is 5.10 Å². The molecule has 0 aliphatic heterocycles. The van der Waals surface area contributed by atoms with Gasteiger partial charge in [0.05, 0.1) is 5.57 Å². The number of nitrogens with two attached hydrogens (primary N) is 1. The van der Waals surface area contributed by atoms with E-state index in [9.17, 15) is 22.4 Å². The molecular weight excluding hydrogens is 404 g/mol. The third-order valence-corrected chi connectivity index (χ3v) is 4.46. The van der Waals surface area contributed by atoms with Gasteiger partial charge in [0, 0.05) is 35.1 Å². The molecular formula is C19H14F4N6O. The van der Waals surface area contributed by atoms with Gasteiger partial charge in [-0.2, -0.15) is 17.6 Å². The summed E-state index contributed by atoms with van der Waals surface area (Å²) in [6.07, 6.45) is 0.556. The van der Waals surface area contributed by atoms with Crippen molar-refractivity contribution < 1.29 is 22.4 Å². The number of aromatic nitrogens is 5. The molecule has 1 saturated carbocycles. The maximum atomic E-state index is 13.2. The topological polar surface area (TPSA) is 99.6 Å². The average Bonchev–Trinajstić information content (AvgIpc) is 3.44. The molecule has 0 atom stereocenters. The molecule has 0 saturated heterocycles. The van der Waals surface area contributed by atoms with Gasteiger partial charge in [0.2, 0.25) is 5.95 Å². The highest BCUT2D eigenvalue weighted by atomic mass is 19.4. The summed E-state index contributed by atoms with van der Waals surface area (Å²) >= 11 is 0. The van der Waals surface area contributed by atoms with Crippen LogP contribution in [0, 0.1) is 5.95 Å². The molecule has 7 nitrogen and oxygen atoms in total. The van der Waals surface area contributed by atoms with Crippen molar-refractivity contribution in [2.24, 2.45) is 5.73 Å². The van der Waals surface area contributed by atoms with Crippen LogP contribution in [-0.2, 0) is 11.0 Å². The average molecular weight is 418 g/mol. The van der Waals surface area contributed by atoms with Gasteiger partial charge >= 0.3 is 6.18 Å². The van der Waals surface area contributed by atoms with E-state index < -0.39 is 23.7 Å². The second-order valence-electron chi connectivity index (χ2n) is 6.76. The van der Waals surface area contributed by atoms with Crippen LogP contribution in [0.5, 0.6) is 0 Å². The summed E-state index contributed by atoms with van der Waals surface area (Å²) in [6.45, 7) is 0. The Morgan fingerprint density at radius 2 is 1.97 bits per heavy atom. The molecule has 2 N–H and O–H groups in total. The first kappa shape index (κ1) is 19.7. The molecule has 3 aromatic heterocycles. The quantitative estimate of drug-likeness (QED) is 0.390. The van der Waals surface area contributed by atoms with E-state index in [0.717, 1.165) is 35.9 Å². The molecule has 154 valence electrons. The van der Waals surface area contributed by atoms with E-state index >= 15 is 0 Å². The van der Waals surface area contributed by atoms with Gasteiger partial charge in [0.25, 0.3) is 5.91 Å². The van der Waals surface area contributed by atoms with Gasteiger partial charge < -0.3 is 5.73 Å². The number of pyridine rings is 2. The molecule has 0 spiro atoms. The smallest absolute Gasteiger partial charge is 0.366 e. The van der Waals surface area contributed by atoms with Crippen molar-refractivity contribution in [2.45, 2.75) is 24.9 Å². The number of carbonyl (C=O) groups is 1. The highest BCUT2D eigenvalue weighted by molar-refractivity contribution is 6.22. The summed E-state index contributed by atoms with van der Waals surface area (Å²) in [6, 6.07) is 4.80. The summed E-state index contributed by atoms with van der Waals surface area (Å²) in [5, 5.41) is 4.12. The number of carbonyl (C=O) groups excluding carboxylic acids is 1. The van der Waals surface area contributed by atoms with Crippen molar-refractivity contribution in [2.75, 3.05) is 0 Å². The molecule has 3 heterocycles. The summed E-state index contributed by atoms with van der Waals surface area (Å²) in [7, 11) is 0. The van der Waals surface area contributed by atoms with E-state index in [2.05, 4.69) is 20.1 Å². The summed E-state index contributed by atoms with van der Waals surface area (Å²) < 4.78 is 53.8. The lowest BCUT2D eigenvalue weighted by Crippen LogP contribution is -2.14. The minimum absolute atomic E-state index is 0.000437. The Labute approximate surface area is 167 Å². The Morgan fingerprint density at radius 1 is 1.20 bits per heavy atom. The Kier molecular flexibility index (Phi) is 4.80. The van der Waals surface area contributed by atoms with Gasteiger partial charge in [-0.3, -0.25) is 4.79 Å². The molecule has 30 heavy (non-hydrogen) atoms. The van der Waals surface area contributed by atoms with Crippen molar-refractivity contribution in [1.29, 1.82) is 0 Å². The van der Waals surface area contributed by atoms with Crippen LogP contribution >= 0.6 is 0 Å². The molecule has 0 radical (unpaired) electrons. The minimum Gasteiger partial charge on any atom is -0.366 e. The number of hydrogen-bond donors (Lipinski definition) is 1. The van der Waals surface area contributed by atoms with E-state index in [1.165, 1.54) is 24.7 Å². The van der Waals surface area contributed by atoms with Gasteiger partial charge in [-0.1, -0.05) is 0 Å². The van der Waals surface area contributed by atoms with Crippen molar-refractivity contribution in [1.82, 2.24) is 24.7 Å². The minimum atomic E-state index is -4.60. The number of hydrogen-bond acceptors (Lipinski definition) is 5. The van der Waals surface area contributed by atoms with Gasteiger partial charge in [-0.05, 0) is 37.1 Å². The highest BCUT2D eigenvalue weighted by Gasteiger charge is 2.35. The predicted molar refractivity (Wildman–Crippen MR) is 97.8 cm³/mol. The van der Waals surface area contributed by atoms with Crippen LogP contribution in [-0.4, -0.2) is 30.6 Å². The molecule has 1 aliphatic rings. The van der Waals surface area contributed by atoms with Crippen LogP contribution in [0.25, 0.3) is 23.2 Å². The summed E-state index contributed by atoms with van der Waals surface area (Å²) in [4.78, 5) is 23.0. The lowest BCUT2D eigenvalue weighted by atomic mass is 10.1. The lowest BCUT2D eigenvalue weighted by molar-refractivity contribution is -0.141. The maximum absolute atomic E-state index is 13.2. The van der Waals surface area contributed by atoms with Crippen molar-refractivity contribution in [3.05, 3.63) is 59.7 Å². The van der Waals surface area contributed by atoms with E-state index in [0.29, 0.717) is 5.69 Å². The monoisotopic (exact) mass is 418 g/mol.